The number of hydrogen-bond acceptors (Lipinski definition) is 5. The van der Waals surface area contributed by atoms with Gasteiger partial charge in [-0.2, -0.15) is 0 Å². The summed E-state index contributed by atoms with van der Waals surface area (Å²) in [7, 11) is -3.75. The molecule has 0 saturated heterocycles. The lowest BCUT2D eigenvalue weighted by Gasteiger charge is -2.24. The first-order chi connectivity index (χ1) is 11.4. The van der Waals surface area contributed by atoms with E-state index in [2.05, 4.69) is 15.0 Å². The van der Waals surface area contributed by atoms with Crippen molar-refractivity contribution in [1.82, 2.24) is 9.71 Å². The molecule has 2 N–H and O–H groups in total. The first-order valence-corrected chi connectivity index (χ1v) is 8.89. The second-order valence-electron chi connectivity index (χ2n) is 5.53. The zero-order valence-electron chi connectivity index (χ0n) is 13.2. The third-order valence-electron chi connectivity index (χ3n) is 3.73. The van der Waals surface area contributed by atoms with E-state index in [0.29, 0.717) is 11.4 Å². The smallest absolute Gasteiger partial charge is 0.265 e. The van der Waals surface area contributed by atoms with E-state index in [1.165, 1.54) is 18.2 Å². The van der Waals surface area contributed by atoms with Gasteiger partial charge in [0.05, 0.1) is 10.6 Å². The topological polar surface area (TPSA) is 97.4 Å². The van der Waals surface area contributed by atoms with Gasteiger partial charge in [0.1, 0.15) is 5.75 Å². The molecule has 1 aromatic carbocycles. The maximum atomic E-state index is 12.6. The van der Waals surface area contributed by atoms with Crippen LogP contribution in [0.2, 0.25) is 0 Å². The highest BCUT2D eigenvalue weighted by Crippen LogP contribution is 2.32. The van der Waals surface area contributed by atoms with Gasteiger partial charge in [0.25, 0.3) is 5.91 Å². The van der Waals surface area contributed by atoms with Gasteiger partial charge in [-0.1, -0.05) is 0 Å². The zero-order chi connectivity index (χ0) is 17.3. The Morgan fingerprint density at radius 3 is 2.67 bits per heavy atom. The molecule has 1 aromatic heterocycles. The van der Waals surface area contributed by atoms with Gasteiger partial charge >= 0.3 is 0 Å². The number of pyridine rings is 1. The summed E-state index contributed by atoms with van der Waals surface area (Å²) in [5.41, 5.74) is 1.15. The van der Waals surface area contributed by atoms with Crippen LogP contribution in [0.15, 0.2) is 47.6 Å². The summed E-state index contributed by atoms with van der Waals surface area (Å²) in [5, 5.41) is 2.64. The molecule has 0 radical (unpaired) electrons. The molecule has 0 fully saturated rings. The summed E-state index contributed by atoms with van der Waals surface area (Å²) < 4.78 is 33.2. The van der Waals surface area contributed by atoms with E-state index >= 15 is 0 Å². The minimum Gasteiger partial charge on any atom is -0.479 e. The number of anilines is 1. The van der Waals surface area contributed by atoms with Crippen LogP contribution in [0.25, 0.3) is 0 Å². The van der Waals surface area contributed by atoms with Gasteiger partial charge in [-0.15, -0.1) is 0 Å². The first kappa shape index (κ1) is 16.4. The molecular formula is C16H17N3O4S. The number of nitrogens with one attached hydrogen (secondary N) is 2. The van der Waals surface area contributed by atoms with Crippen LogP contribution in [0.3, 0.4) is 0 Å². The number of rotatable bonds is 4. The van der Waals surface area contributed by atoms with Crippen LogP contribution in [0, 0.1) is 0 Å². The Kier molecular flexibility index (Phi) is 4.25. The van der Waals surface area contributed by atoms with E-state index < -0.39 is 22.2 Å². The predicted molar refractivity (Wildman–Crippen MR) is 88.1 cm³/mol. The lowest BCUT2D eigenvalue weighted by atomic mass is 10.1. The Balaban J connectivity index is 1.85. The number of benzene rings is 1. The molecule has 1 aliphatic heterocycles. The Bertz CT molecular complexity index is 868. The number of amides is 1. The number of ether oxygens (including phenoxy) is 1. The molecule has 2 aromatic rings. The second-order valence-corrected chi connectivity index (χ2v) is 7.24. The van der Waals surface area contributed by atoms with Gasteiger partial charge in [-0.3, -0.25) is 9.78 Å². The van der Waals surface area contributed by atoms with Crippen molar-refractivity contribution in [3.63, 3.8) is 0 Å². The number of sulfonamides is 1. The van der Waals surface area contributed by atoms with Crippen molar-refractivity contribution in [3.05, 3.63) is 48.3 Å². The van der Waals surface area contributed by atoms with Crippen LogP contribution in [-0.4, -0.2) is 25.4 Å². The van der Waals surface area contributed by atoms with Gasteiger partial charge in [0.2, 0.25) is 10.0 Å². The van der Waals surface area contributed by atoms with E-state index in [1.54, 1.807) is 38.4 Å². The highest BCUT2D eigenvalue weighted by molar-refractivity contribution is 7.89. The third-order valence-corrected chi connectivity index (χ3v) is 5.27. The van der Waals surface area contributed by atoms with Crippen molar-refractivity contribution >= 4 is 21.6 Å². The molecule has 2 atom stereocenters. The average Bonchev–Trinajstić information content (AvgIpc) is 2.56. The van der Waals surface area contributed by atoms with E-state index in [-0.39, 0.29) is 10.8 Å². The van der Waals surface area contributed by atoms with Crippen molar-refractivity contribution in [1.29, 1.82) is 0 Å². The molecular weight excluding hydrogens is 330 g/mol. The van der Waals surface area contributed by atoms with E-state index in [9.17, 15) is 13.2 Å². The van der Waals surface area contributed by atoms with Crippen LogP contribution in [-0.2, 0) is 14.8 Å². The summed E-state index contributed by atoms with van der Waals surface area (Å²) in [4.78, 5) is 15.6. The maximum absolute atomic E-state index is 12.6. The monoisotopic (exact) mass is 347 g/mol. The maximum Gasteiger partial charge on any atom is 0.265 e. The number of carbonyl (C=O) groups is 1. The van der Waals surface area contributed by atoms with Gasteiger partial charge < -0.3 is 10.1 Å². The summed E-state index contributed by atoms with van der Waals surface area (Å²) in [6, 6.07) is 7.45. The van der Waals surface area contributed by atoms with Crippen molar-refractivity contribution in [2.24, 2.45) is 0 Å². The van der Waals surface area contributed by atoms with Crippen molar-refractivity contribution in [3.8, 4) is 5.75 Å². The van der Waals surface area contributed by atoms with Crippen molar-refractivity contribution < 1.29 is 17.9 Å². The summed E-state index contributed by atoms with van der Waals surface area (Å²) in [5.74, 6) is 0.137. The third kappa shape index (κ3) is 3.24. The summed E-state index contributed by atoms with van der Waals surface area (Å²) >= 11 is 0. The van der Waals surface area contributed by atoms with Gasteiger partial charge in [0.15, 0.2) is 6.10 Å². The first-order valence-electron chi connectivity index (χ1n) is 7.40. The minimum atomic E-state index is -3.75. The van der Waals surface area contributed by atoms with Crippen molar-refractivity contribution in [2.45, 2.75) is 30.9 Å². The van der Waals surface area contributed by atoms with Gasteiger partial charge in [0, 0.05) is 18.4 Å². The Morgan fingerprint density at radius 2 is 1.96 bits per heavy atom. The number of fused-ring (bicyclic) bond motifs is 1. The van der Waals surface area contributed by atoms with E-state index in [0.717, 1.165) is 5.56 Å². The standard InChI is InChI=1S/C16H17N3O4S/c1-10(12-5-7-17-8-6-12)19-24(21,22)13-3-4-15-14(9-13)18-16(20)11(2)23-15/h3-11,19H,1-2H3,(H,18,20)/t10-,11+/m0/s1. The predicted octanol–water partition coefficient (Wildman–Crippen LogP) is 1.84. The lowest BCUT2D eigenvalue weighted by Crippen LogP contribution is -2.34. The minimum absolute atomic E-state index is 0.0561. The van der Waals surface area contributed by atoms with Crippen LogP contribution >= 0.6 is 0 Å². The Morgan fingerprint density at radius 1 is 1.25 bits per heavy atom. The van der Waals surface area contributed by atoms with Crippen LogP contribution in [0.4, 0.5) is 5.69 Å². The fourth-order valence-corrected chi connectivity index (χ4v) is 3.63. The molecule has 126 valence electrons. The molecule has 2 heterocycles. The fourth-order valence-electron chi connectivity index (χ4n) is 2.38. The number of aromatic nitrogens is 1. The molecule has 3 rings (SSSR count). The van der Waals surface area contributed by atoms with Crippen LogP contribution in [0.1, 0.15) is 25.5 Å². The van der Waals surface area contributed by atoms with E-state index in [1.807, 2.05) is 0 Å². The fraction of sp³-hybridized carbons (Fsp3) is 0.250. The average molecular weight is 347 g/mol. The number of nitrogens with zero attached hydrogens (tertiary/aromatic N) is 1. The Hall–Kier alpha value is -2.45. The van der Waals surface area contributed by atoms with Gasteiger partial charge in [-0.05, 0) is 49.7 Å². The molecule has 8 heteroatoms. The summed E-state index contributed by atoms with van der Waals surface area (Å²) in [6.07, 6.45) is 2.60. The second kappa shape index (κ2) is 6.21. The number of carbonyl (C=O) groups excluding carboxylic acids is 1. The number of hydrogen-bond donors (Lipinski definition) is 2. The molecule has 1 aliphatic rings. The molecule has 7 nitrogen and oxygen atoms in total. The van der Waals surface area contributed by atoms with Gasteiger partial charge in [-0.25, -0.2) is 13.1 Å². The van der Waals surface area contributed by atoms with Crippen LogP contribution in [0.5, 0.6) is 5.75 Å². The van der Waals surface area contributed by atoms with E-state index in [4.69, 9.17) is 4.74 Å². The normalized spacial score (nSPS) is 18.2. The highest BCUT2D eigenvalue weighted by Gasteiger charge is 2.26. The molecule has 0 bridgehead atoms. The zero-order valence-corrected chi connectivity index (χ0v) is 14.0. The summed E-state index contributed by atoms with van der Waals surface area (Å²) in [6.45, 7) is 3.37. The molecule has 1 amide bonds. The SMILES string of the molecule is C[C@H](NS(=O)(=O)c1ccc2c(c1)NC(=O)[C@@H](C)O2)c1ccncc1. The molecule has 0 unspecified atom stereocenters. The lowest BCUT2D eigenvalue weighted by molar-refractivity contribution is -0.122. The molecule has 0 spiro atoms. The highest BCUT2D eigenvalue weighted by atomic mass is 32.2. The van der Waals surface area contributed by atoms with Crippen molar-refractivity contribution in [2.75, 3.05) is 5.32 Å². The molecule has 0 saturated carbocycles. The molecule has 0 aliphatic carbocycles. The largest absolute Gasteiger partial charge is 0.479 e. The molecule has 24 heavy (non-hydrogen) atoms. The quantitative estimate of drug-likeness (QED) is 0.879. The Labute approximate surface area is 140 Å². The van der Waals surface area contributed by atoms with Crippen LogP contribution < -0.4 is 14.8 Å².